The molecule has 0 amide bonds. The van der Waals surface area contributed by atoms with Crippen molar-refractivity contribution in [1.29, 1.82) is 0 Å². The summed E-state index contributed by atoms with van der Waals surface area (Å²) in [6.07, 6.45) is -4.24. The highest BCUT2D eigenvalue weighted by molar-refractivity contribution is 4.87. The second kappa shape index (κ2) is 3.44. The molecule has 11 heavy (non-hydrogen) atoms. The Hall–Kier alpha value is -0.240. The van der Waals surface area contributed by atoms with Crippen molar-refractivity contribution in [2.24, 2.45) is 0 Å². The zero-order chi connectivity index (χ0) is 8.43. The molecule has 1 fully saturated rings. The van der Waals surface area contributed by atoms with E-state index in [0.717, 1.165) is 0 Å². The van der Waals surface area contributed by atoms with Crippen LogP contribution in [0.15, 0.2) is 0 Å². The normalized spacial score (nSPS) is 44.7. The highest BCUT2D eigenvalue weighted by atomic mass is 16.6. The van der Waals surface area contributed by atoms with E-state index in [1.807, 2.05) is 0 Å². The van der Waals surface area contributed by atoms with E-state index in [1.54, 1.807) is 5.48 Å². The van der Waals surface area contributed by atoms with Gasteiger partial charge < -0.3 is 25.3 Å². The maximum atomic E-state index is 9.07. The van der Waals surface area contributed by atoms with Crippen molar-refractivity contribution in [2.45, 2.75) is 24.5 Å². The average Bonchev–Trinajstić information content (AvgIpc) is 2.30. The van der Waals surface area contributed by atoms with Crippen LogP contribution in [-0.4, -0.2) is 51.7 Å². The summed E-state index contributed by atoms with van der Waals surface area (Å²) in [6.45, 7) is -0.392. The van der Waals surface area contributed by atoms with E-state index in [9.17, 15) is 0 Å². The standard InChI is InChI=1S/C5H11NO5/c7-1-2-3(8)4(9)5(6-10)11-2/h2-10H,1H2/t2-,3+,4?,5-/m1/s1. The summed E-state index contributed by atoms with van der Waals surface area (Å²) in [4.78, 5) is 0. The summed E-state index contributed by atoms with van der Waals surface area (Å²) >= 11 is 0. The van der Waals surface area contributed by atoms with E-state index >= 15 is 0 Å². The number of ether oxygens (including phenoxy) is 1. The first-order chi connectivity index (χ1) is 5.20. The van der Waals surface area contributed by atoms with Crippen LogP contribution in [0.25, 0.3) is 0 Å². The lowest BCUT2D eigenvalue weighted by atomic mass is 10.1. The number of hydrogen-bond acceptors (Lipinski definition) is 6. The molecule has 1 aliphatic rings. The molecule has 0 bridgehead atoms. The third-order valence-electron chi connectivity index (χ3n) is 1.67. The molecular formula is C5H11NO5. The van der Waals surface area contributed by atoms with Crippen LogP contribution >= 0.6 is 0 Å². The summed E-state index contributed by atoms with van der Waals surface area (Å²) in [7, 11) is 0. The minimum absolute atomic E-state index is 0.392. The summed E-state index contributed by atoms with van der Waals surface area (Å²) in [5.41, 5.74) is 1.67. The van der Waals surface area contributed by atoms with Crippen molar-refractivity contribution < 1.29 is 25.3 Å². The van der Waals surface area contributed by atoms with Crippen LogP contribution in [0.1, 0.15) is 0 Å². The Bertz CT molecular complexity index is 114. The monoisotopic (exact) mass is 165 g/mol. The van der Waals surface area contributed by atoms with Gasteiger partial charge in [-0.25, -0.2) is 0 Å². The topological polar surface area (TPSA) is 102 Å². The number of hydrogen-bond donors (Lipinski definition) is 5. The lowest BCUT2D eigenvalue weighted by Gasteiger charge is -2.11. The fourth-order valence-corrected chi connectivity index (χ4v) is 1.01. The van der Waals surface area contributed by atoms with Crippen LogP contribution in [0.2, 0.25) is 0 Å². The second-order valence-electron chi connectivity index (χ2n) is 2.39. The van der Waals surface area contributed by atoms with Crippen LogP contribution in [0, 0.1) is 0 Å². The van der Waals surface area contributed by atoms with Crippen LogP contribution in [0.5, 0.6) is 0 Å². The average molecular weight is 165 g/mol. The molecule has 0 aromatic rings. The summed E-state index contributed by atoms with van der Waals surface area (Å²) in [6, 6.07) is 0. The molecule has 1 aliphatic heterocycles. The third-order valence-corrected chi connectivity index (χ3v) is 1.67. The highest BCUT2D eigenvalue weighted by Gasteiger charge is 2.41. The number of hydroxylamine groups is 1. The van der Waals surface area contributed by atoms with Gasteiger partial charge in [0.25, 0.3) is 0 Å². The van der Waals surface area contributed by atoms with Gasteiger partial charge in [0.1, 0.15) is 18.3 Å². The number of aliphatic hydroxyl groups excluding tert-OH is 3. The Morgan fingerprint density at radius 3 is 2.18 bits per heavy atom. The lowest BCUT2D eigenvalue weighted by Crippen LogP contribution is -2.39. The number of nitrogens with one attached hydrogen (secondary N) is 1. The van der Waals surface area contributed by atoms with Crippen LogP contribution < -0.4 is 5.48 Å². The maximum Gasteiger partial charge on any atom is 0.158 e. The molecule has 66 valence electrons. The van der Waals surface area contributed by atoms with Crippen molar-refractivity contribution >= 4 is 0 Å². The minimum atomic E-state index is -1.21. The zero-order valence-electron chi connectivity index (χ0n) is 5.71. The van der Waals surface area contributed by atoms with E-state index in [2.05, 4.69) is 0 Å². The van der Waals surface area contributed by atoms with E-state index < -0.39 is 31.1 Å². The smallest absolute Gasteiger partial charge is 0.158 e. The Morgan fingerprint density at radius 2 is 1.91 bits per heavy atom. The summed E-state index contributed by atoms with van der Waals surface area (Å²) in [5, 5.41) is 35.0. The zero-order valence-corrected chi connectivity index (χ0v) is 5.71. The molecule has 5 N–H and O–H groups in total. The first-order valence-corrected chi connectivity index (χ1v) is 3.22. The first kappa shape index (κ1) is 8.85. The fraction of sp³-hybridized carbons (Fsp3) is 1.00. The Balaban J connectivity index is 2.53. The lowest BCUT2D eigenvalue weighted by molar-refractivity contribution is -0.0867. The van der Waals surface area contributed by atoms with Gasteiger partial charge >= 0.3 is 0 Å². The molecule has 0 aliphatic carbocycles. The Morgan fingerprint density at radius 1 is 1.27 bits per heavy atom. The predicted molar refractivity (Wildman–Crippen MR) is 32.7 cm³/mol. The van der Waals surface area contributed by atoms with Crippen molar-refractivity contribution in [3.63, 3.8) is 0 Å². The van der Waals surface area contributed by atoms with Gasteiger partial charge in [0.15, 0.2) is 6.23 Å². The van der Waals surface area contributed by atoms with Crippen molar-refractivity contribution in [3.8, 4) is 0 Å². The highest BCUT2D eigenvalue weighted by Crippen LogP contribution is 2.18. The number of rotatable bonds is 2. The quantitative estimate of drug-likeness (QED) is 0.288. The van der Waals surface area contributed by atoms with E-state index in [1.165, 1.54) is 0 Å². The van der Waals surface area contributed by atoms with Gasteiger partial charge in [-0.05, 0) is 0 Å². The molecule has 0 aromatic carbocycles. The second-order valence-corrected chi connectivity index (χ2v) is 2.39. The van der Waals surface area contributed by atoms with Gasteiger partial charge in [0, 0.05) is 0 Å². The minimum Gasteiger partial charge on any atom is -0.394 e. The molecule has 1 saturated heterocycles. The van der Waals surface area contributed by atoms with Crippen molar-refractivity contribution in [1.82, 2.24) is 5.48 Å². The molecule has 0 spiro atoms. The third kappa shape index (κ3) is 1.51. The van der Waals surface area contributed by atoms with E-state index in [0.29, 0.717) is 0 Å². The summed E-state index contributed by atoms with van der Waals surface area (Å²) < 4.78 is 4.77. The van der Waals surface area contributed by atoms with Gasteiger partial charge in [-0.15, -0.1) is 0 Å². The molecule has 6 nitrogen and oxygen atoms in total. The first-order valence-electron chi connectivity index (χ1n) is 3.22. The van der Waals surface area contributed by atoms with Crippen molar-refractivity contribution in [2.75, 3.05) is 6.61 Å². The predicted octanol–water partition coefficient (Wildman–Crippen LogP) is -2.60. The molecule has 0 saturated carbocycles. The van der Waals surface area contributed by atoms with Gasteiger partial charge in [-0.3, -0.25) is 0 Å². The maximum absolute atomic E-state index is 9.07. The SMILES string of the molecule is OC[C@H]1O[C@@H](NO)C(O)[C@H]1O. The van der Waals surface area contributed by atoms with Crippen LogP contribution in [0.3, 0.4) is 0 Å². The number of aliphatic hydroxyl groups is 3. The molecule has 6 heteroatoms. The molecule has 1 rings (SSSR count). The fourth-order valence-electron chi connectivity index (χ4n) is 1.01. The molecule has 1 unspecified atom stereocenters. The van der Waals surface area contributed by atoms with E-state index in [-0.39, 0.29) is 0 Å². The van der Waals surface area contributed by atoms with Gasteiger partial charge in [-0.1, -0.05) is 0 Å². The molecule has 0 radical (unpaired) electrons. The van der Waals surface area contributed by atoms with Crippen LogP contribution in [-0.2, 0) is 4.74 Å². The molecule has 4 atom stereocenters. The van der Waals surface area contributed by atoms with Gasteiger partial charge in [0.05, 0.1) is 6.61 Å². The largest absolute Gasteiger partial charge is 0.394 e. The van der Waals surface area contributed by atoms with Gasteiger partial charge in [-0.2, -0.15) is 5.48 Å². The molecular weight excluding hydrogens is 154 g/mol. The van der Waals surface area contributed by atoms with Crippen molar-refractivity contribution in [3.05, 3.63) is 0 Å². The molecule has 0 aromatic heterocycles. The Labute approximate surface area is 63.0 Å². The van der Waals surface area contributed by atoms with Crippen LogP contribution in [0.4, 0.5) is 0 Å². The Kier molecular flexibility index (Phi) is 2.77. The molecule has 1 heterocycles. The summed E-state index contributed by atoms with van der Waals surface area (Å²) in [5.74, 6) is 0. The van der Waals surface area contributed by atoms with Gasteiger partial charge in [0.2, 0.25) is 0 Å². The van der Waals surface area contributed by atoms with E-state index in [4.69, 9.17) is 25.3 Å².